The lowest BCUT2D eigenvalue weighted by molar-refractivity contribution is -0.127. The molecule has 0 aliphatic carbocycles. The molecule has 0 bridgehead atoms. The van der Waals surface area contributed by atoms with Gasteiger partial charge in [-0.2, -0.15) is 0 Å². The van der Waals surface area contributed by atoms with Crippen LogP contribution in [-0.4, -0.2) is 35.6 Å². The topological polar surface area (TPSA) is 75.7 Å². The van der Waals surface area contributed by atoms with Crippen LogP contribution in [0.3, 0.4) is 0 Å². The highest BCUT2D eigenvalue weighted by molar-refractivity contribution is 8.18. The molecule has 0 spiro atoms. The van der Waals surface area contributed by atoms with E-state index in [4.69, 9.17) is 16.3 Å². The van der Waals surface area contributed by atoms with E-state index in [-0.39, 0.29) is 11.4 Å². The number of benzene rings is 2. The highest BCUT2D eigenvalue weighted by Gasteiger charge is 2.36. The summed E-state index contributed by atoms with van der Waals surface area (Å²) in [6.07, 6.45) is 1.58. The van der Waals surface area contributed by atoms with Crippen LogP contribution in [0.4, 0.5) is 10.5 Å². The lowest BCUT2D eigenvalue weighted by atomic mass is 10.2. The van der Waals surface area contributed by atoms with Crippen molar-refractivity contribution in [3.05, 3.63) is 64.0 Å². The second-order valence-electron chi connectivity index (χ2n) is 5.60. The summed E-state index contributed by atoms with van der Waals surface area (Å²) in [5.41, 5.74) is 1.25. The highest BCUT2D eigenvalue weighted by Crippen LogP contribution is 2.32. The number of nitrogens with zero attached hydrogens (tertiary/aromatic N) is 1. The van der Waals surface area contributed by atoms with Gasteiger partial charge in [0.25, 0.3) is 11.1 Å². The minimum atomic E-state index is -0.505. The first kappa shape index (κ1) is 19.0. The largest absolute Gasteiger partial charge is 0.497 e. The summed E-state index contributed by atoms with van der Waals surface area (Å²) in [5.74, 6) is -0.313. The van der Waals surface area contributed by atoms with Gasteiger partial charge in [-0.1, -0.05) is 23.7 Å². The molecule has 1 N–H and O–H groups in total. The van der Waals surface area contributed by atoms with Crippen molar-refractivity contribution in [1.29, 1.82) is 0 Å². The van der Waals surface area contributed by atoms with Gasteiger partial charge in [0, 0.05) is 10.7 Å². The van der Waals surface area contributed by atoms with Crippen molar-refractivity contribution in [2.75, 3.05) is 19.0 Å². The smallest absolute Gasteiger partial charge is 0.294 e. The van der Waals surface area contributed by atoms with Crippen molar-refractivity contribution in [2.45, 2.75) is 0 Å². The van der Waals surface area contributed by atoms with Crippen molar-refractivity contribution in [1.82, 2.24) is 4.90 Å². The van der Waals surface area contributed by atoms with Gasteiger partial charge in [-0.25, -0.2) is 0 Å². The van der Waals surface area contributed by atoms with E-state index in [1.165, 1.54) is 0 Å². The van der Waals surface area contributed by atoms with Gasteiger partial charge in [0.15, 0.2) is 0 Å². The second kappa shape index (κ2) is 8.28. The Balaban J connectivity index is 1.67. The van der Waals surface area contributed by atoms with E-state index in [9.17, 15) is 14.4 Å². The van der Waals surface area contributed by atoms with Gasteiger partial charge in [-0.3, -0.25) is 19.3 Å². The first-order chi connectivity index (χ1) is 13.0. The third-order valence-corrected chi connectivity index (χ3v) is 4.84. The zero-order valence-corrected chi connectivity index (χ0v) is 15.8. The van der Waals surface area contributed by atoms with Crippen molar-refractivity contribution in [2.24, 2.45) is 0 Å². The average molecular weight is 403 g/mol. The van der Waals surface area contributed by atoms with Crippen molar-refractivity contribution in [3.63, 3.8) is 0 Å². The number of hydrogen-bond acceptors (Lipinski definition) is 5. The standard InChI is InChI=1S/C19H15ClN2O4S/c1-26-15-7-5-14(6-8-15)21-17(23)11-22-18(24)16(27-19(22)25)10-12-3-2-4-13(20)9-12/h2-10H,11H2,1H3,(H,21,23)/b16-10+. The normalized spacial score (nSPS) is 15.3. The third kappa shape index (κ3) is 4.69. The molecule has 1 fully saturated rings. The Kier molecular flexibility index (Phi) is 5.83. The fraction of sp³-hybridized carbons (Fsp3) is 0.105. The molecule has 2 aromatic carbocycles. The number of carbonyl (C=O) groups excluding carboxylic acids is 3. The summed E-state index contributed by atoms with van der Waals surface area (Å²) in [6, 6.07) is 13.7. The van der Waals surface area contributed by atoms with Gasteiger partial charge in [-0.05, 0) is 59.8 Å². The first-order valence-corrected chi connectivity index (χ1v) is 9.10. The number of carbonyl (C=O) groups is 3. The van der Waals surface area contributed by atoms with Gasteiger partial charge in [0.05, 0.1) is 12.0 Å². The number of nitrogens with one attached hydrogen (secondary N) is 1. The third-order valence-electron chi connectivity index (χ3n) is 3.70. The van der Waals surface area contributed by atoms with Crippen molar-refractivity contribution < 1.29 is 19.1 Å². The molecule has 0 saturated carbocycles. The Morgan fingerprint density at radius 3 is 2.63 bits per heavy atom. The number of rotatable bonds is 5. The molecule has 8 heteroatoms. The van der Waals surface area contributed by atoms with Crippen LogP contribution in [0, 0.1) is 0 Å². The molecule has 6 nitrogen and oxygen atoms in total. The van der Waals surface area contributed by atoms with E-state index in [1.54, 1.807) is 61.7 Å². The molecule has 138 valence electrons. The Morgan fingerprint density at radius 2 is 1.96 bits per heavy atom. The quantitative estimate of drug-likeness (QED) is 0.764. The molecule has 3 amide bonds. The van der Waals surface area contributed by atoms with Gasteiger partial charge in [-0.15, -0.1) is 0 Å². The maximum absolute atomic E-state index is 12.5. The van der Waals surface area contributed by atoms with Crippen LogP contribution in [-0.2, 0) is 9.59 Å². The van der Waals surface area contributed by atoms with Crippen LogP contribution >= 0.6 is 23.4 Å². The minimum Gasteiger partial charge on any atom is -0.497 e. The number of imide groups is 1. The molecule has 1 aliphatic heterocycles. The zero-order chi connectivity index (χ0) is 19.4. The monoisotopic (exact) mass is 402 g/mol. The minimum absolute atomic E-state index is 0.250. The first-order valence-electron chi connectivity index (χ1n) is 7.91. The molecule has 0 unspecified atom stereocenters. The van der Waals surface area contributed by atoms with Gasteiger partial charge in [0.2, 0.25) is 5.91 Å². The molecule has 3 rings (SSSR count). The number of thioether (sulfide) groups is 1. The number of hydrogen-bond donors (Lipinski definition) is 1. The molecular weight excluding hydrogens is 388 g/mol. The van der Waals surface area contributed by atoms with E-state index >= 15 is 0 Å². The van der Waals surface area contributed by atoms with Gasteiger partial charge >= 0.3 is 0 Å². The van der Waals surface area contributed by atoms with E-state index in [2.05, 4.69) is 5.32 Å². The molecular formula is C19H15ClN2O4S. The number of ether oxygens (including phenoxy) is 1. The summed E-state index contributed by atoms with van der Waals surface area (Å²) in [7, 11) is 1.55. The summed E-state index contributed by atoms with van der Waals surface area (Å²) >= 11 is 6.72. The number of methoxy groups -OCH3 is 1. The fourth-order valence-electron chi connectivity index (χ4n) is 2.40. The molecule has 0 aromatic heterocycles. The summed E-state index contributed by atoms with van der Waals surface area (Å²) in [4.78, 5) is 37.9. The van der Waals surface area contributed by atoms with Crippen LogP contribution in [0.15, 0.2) is 53.4 Å². The van der Waals surface area contributed by atoms with Crippen LogP contribution in [0.25, 0.3) is 6.08 Å². The molecule has 2 aromatic rings. The van der Waals surface area contributed by atoms with E-state index in [1.807, 2.05) is 0 Å². The van der Waals surface area contributed by atoms with Gasteiger partial charge < -0.3 is 10.1 Å². The lowest BCUT2D eigenvalue weighted by Crippen LogP contribution is -2.36. The maximum Gasteiger partial charge on any atom is 0.294 e. The van der Waals surface area contributed by atoms with Crippen molar-refractivity contribution >= 4 is 52.2 Å². The second-order valence-corrected chi connectivity index (χ2v) is 7.03. The molecule has 27 heavy (non-hydrogen) atoms. The molecule has 1 saturated heterocycles. The summed E-state index contributed by atoms with van der Waals surface area (Å²) in [5, 5.41) is 2.69. The maximum atomic E-state index is 12.5. The lowest BCUT2D eigenvalue weighted by Gasteiger charge is -2.12. The van der Waals surface area contributed by atoms with Crippen LogP contribution in [0.2, 0.25) is 5.02 Å². The summed E-state index contributed by atoms with van der Waals surface area (Å²) < 4.78 is 5.05. The number of halogens is 1. The van der Waals surface area contributed by atoms with Crippen LogP contribution in [0.1, 0.15) is 5.56 Å². The molecule has 1 heterocycles. The Bertz CT molecular complexity index is 928. The molecule has 1 aliphatic rings. The highest BCUT2D eigenvalue weighted by atomic mass is 35.5. The van der Waals surface area contributed by atoms with E-state index in [0.717, 1.165) is 16.7 Å². The van der Waals surface area contributed by atoms with Gasteiger partial charge in [0.1, 0.15) is 12.3 Å². The fourth-order valence-corrected chi connectivity index (χ4v) is 3.44. The predicted octanol–water partition coefficient (Wildman–Crippen LogP) is 4.02. The number of amides is 3. The Hall–Kier alpha value is -2.77. The molecule has 0 radical (unpaired) electrons. The average Bonchev–Trinajstić information content (AvgIpc) is 2.90. The SMILES string of the molecule is COc1ccc(NC(=O)CN2C(=O)S/C(=C/c3cccc(Cl)c3)C2=O)cc1. The molecule has 0 atom stereocenters. The van der Waals surface area contributed by atoms with Crippen LogP contribution < -0.4 is 10.1 Å². The van der Waals surface area contributed by atoms with E-state index < -0.39 is 17.1 Å². The number of anilines is 1. The zero-order valence-electron chi connectivity index (χ0n) is 14.3. The van der Waals surface area contributed by atoms with E-state index in [0.29, 0.717) is 22.0 Å². The van der Waals surface area contributed by atoms with Crippen LogP contribution in [0.5, 0.6) is 5.75 Å². The summed E-state index contributed by atoms with van der Waals surface area (Å²) in [6.45, 7) is -0.358. The Labute approximate surface area is 165 Å². The Morgan fingerprint density at radius 1 is 1.22 bits per heavy atom. The predicted molar refractivity (Wildman–Crippen MR) is 106 cm³/mol. The van der Waals surface area contributed by atoms with Crippen molar-refractivity contribution in [3.8, 4) is 5.75 Å².